The first-order valence-corrected chi connectivity index (χ1v) is 5.90. The quantitative estimate of drug-likeness (QED) is 0.564. The molecule has 0 atom stereocenters. The Morgan fingerprint density at radius 1 is 1.17 bits per heavy atom. The molecule has 1 aliphatic heterocycles. The number of hydrogen-bond acceptors (Lipinski definition) is 3. The number of likely N-dealkylation sites (tertiary alicyclic amines) is 1. The normalized spacial score (nSPS) is 19.2. The largest absolute Gasteiger partial charge is 0.338 e. The lowest BCUT2D eigenvalue weighted by Gasteiger charge is -2.25. The number of sulfone groups is 1. The average Bonchev–Trinajstić information content (AvgIpc) is 2.03. The van der Waals surface area contributed by atoms with Gasteiger partial charge in [-0.3, -0.25) is 4.79 Å². The molecule has 0 N–H and O–H groups in total. The van der Waals surface area contributed by atoms with Crippen molar-refractivity contribution in [3.8, 4) is 0 Å². The molecule has 1 heterocycles. The number of piperidine rings is 1. The molecular formula is C7H13NO3S. The van der Waals surface area contributed by atoms with Crippen LogP contribution in [0.4, 0.5) is 4.79 Å². The van der Waals surface area contributed by atoms with E-state index in [0.29, 0.717) is 13.1 Å². The summed E-state index contributed by atoms with van der Waals surface area (Å²) < 4.78 is 21.7. The summed E-state index contributed by atoms with van der Waals surface area (Å²) in [6, 6.07) is 0. The highest BCUT2D eigenvalue weighted by atomic mass is 32.2. The maximum Gasteiger partial charge on any atom is 0.338 e. The smallest absolute Gasteiger partial charge is 0.329 e. The molecule has 1 fully saturated rings. The zero-order valence-electron chi connectivity index (χ0n) is 7.12. The Bertz CT molecular complexity index is 264. The van der Waals surface area contributed by atoms with Gasteiger partial charge in [0.1, 0.15) is 0 Å². The zero-order chi connectivity index (χ0) is 9.19. The molecular weight excluding hydrogens is 178 g/mol. The summed E-state index contributed by atoms with van der Waals surface area (Å²) in [4.78, 5) is 12.6. The van der Waals surface area contributed by atoms with Crippen LogP contribution in [0.1, 0.15) is 19.3 Å². The van der Waals surface area contributed by atoms with Gasteiger partial charge >= 0.3 is 5.24 Å². The highest BCUT2D eigenvalue weighted by Gasteiger charge is 2.24. The van der Waals surface area contributed by atoms with Crippen molar-refractivity contribution in [3.63, 3.8) is 0 Å². The van der Waals surface area contributed by atoms with Crippen molar-refractivity contribution < 1.29 is 13.2 Å². The number of carbonyl (C=O) groups excluding carboxylic acids is 1. The van der Waals surface area contributed by atoms with Gasteiger partial charge in [-0.05, 0) is 19.3 Å². The van der Waals surface area contributed by atoms with E-state index in [1.807, 2.05) is 0 Å². The summed E-state index contributed by atoms with van der Waals surface area (Å²) in [5, 5.41) is -0.720. The van der Waals surface area contributed by atoms with Gasteiger partial charge in [-0.1, -0.05) is 0 Å². The molecule has 0 unspecified atom stereocenters. The third kappa shape index (κ3) is 2.20. The highest BCUT2D eigenvalue weighted by Crippen LogP contribution is 2.10. The fourth-order valence-electron chi connectivity index (χ4n) is 1.31. The van der Waals surface area contributed by atoms with Gasteiger partial charge in [-0.15, -0.1) is 0 Å². The van der Waals surface area contributed by atoms with Crippen LogP contribution in [0.5, 0.6) is 0 Å². The van der Waals surface area contributed by atoms with E-state index in [0.717, 1.165) is 25.5 Å². The number of hydrogen-bond donors (Lipinski definition) is 0. The van der Waals surface area contributed by atoms with Crippen molar-refractivity contribution in [2.75, 3.05) is 19.3 Å². The first kappa shape index (κ1) is 9.51. The van der Waals surface area contributed by atoms with E-state index in [-0.39, 0.29) is 0 Å². The first-order chi connectivity index (χ1) is 5.52. The number of nitrogens with zero attached hydrogens (tertiary/aromatic N) is 1. The molecule has 4 nitrogen and oxygen atoms in total. The van der Waals surface area contributed by atoms with Gasteiger partial charge in [0.15, 0.2) is 0 Å². The molecule has 1 saturated heterocycles. The monoisotopic (exact) mass is 191 g/mol. The SMILES string of the molecule is CS(=O)(=O)C(=O)N1CCCCC1. The molecule has 0 aromatic heterocycles. The summed E-state index contributed by atoms with van der Waals surface area (Å²) in [6.07, 6.45) is 3.89. The molecule has 0 radical (unpaired) electrons. The minimum Gasteiger partial charge on any atom is -0.329 e. The van der Waals surface area contributed by atoms with Gasteiger partial charge in [-0.2, -0.15) is 0 Å². The molecule has 0 aromatic rings. The fraction of sp³-hybridized carbons (Fsp3) is 0.857. The van der Waals surface area contributed by atoms with E-state index in [4.69, 9.17) is 0 Å². The molecule has 0 aliphatic carbocycles. The van der Waals surface area contributed by atoms with Crippen LogP contribution in [0, 0.1) is 0 Å². The van der Waals surface area contributed by atoms with Crippen molar-refractivity contribution in [2.45, 2.75) is 19.3 Å². The van der Waals surface area contributed by atoms with E-state index in [9.17, 15) is 13.2 Å². The highest BCUT2D eigenvalue weighted by molar-refractivity contribution is 8.05. The van der Waals surface area contributed by atoms with Crippen molar-refractivity contribution in [1.29, 1.82) is 0 Å². The minimum absolute atomic E-state index is 0.589. The van der Waals surface area contributed by atoms with Crippen LogP contribution >= 0.6 is 0 Å². The standard InChI is InChI=1S/C7H13NO3S/c1-12(10,11)7(9)8-5-3-2-4-6-8/h2-6H2,1H3. The molecule has 1 aliphatic rings. The van der Waals surface area contributed by atoms with Crippen LogP contribution in [-0.2, 0) is 9.84 Å². The van der Waals surface area contributed by atoms with Crippen molar-refractivity contribution >= 4 is 15.1 Å². The van der Waals surface area contributed by atoms with Crippen molar-refractivity contribution in [3.05, 3.63) is 0 Å². The van der Waals surface area contributed by atoms with Crippen LogP contribution in [0.3, 0.4) is 0 Å². The van der Waals surface area contributed by atoms with Crippen LogP contribution < -0.4 is 0 Å². The Morgan fingerprint density at radius 2 is 1.67 bits per heavy atom. The topological polar surface area (TPSA) is 54.5 Å². The predicted octanol–water partition coefficient (Wildman–Crippen LogP) is 0.637. The predicted molar refractivity (Wildman–Crippen MR) is 45.7 cm³/mol. The van der Waals surface area contributed by atoms with E-state index in [1.54, 1.807) is 0 Å². The molecule has 0 bridgehead atoms. The number of amides is 1. The summed E-state index contributed by atoms with van der Waals surface area (Å²) in [6.45, 7) is 1.18. The Kier molecular flexibility index (Phi) is 2.72. The Labute approximate surface area is 72.5 Å². The van der Waals surface area contributed by atoms with Crippen molar-refractivity contribution in [2.24, 2.45) is 0 Å². The molecule has 70 valence electrons. The number of rotatable bonds is 0. The second kappa shape index (κ2) is 3.43. The van der Waals surface area contributed by atoms with Crippen LogP contribution in [0.15, 0.2) is 0 Å². The van der Waals surface area contributed by atoms with E-state index < -0.39 is 15.1 Å². The molecule has 1 rings (SSSR count). The lowest BCUT2D eigenvalue weighted by molar-refractivity contribution is 0.209. The second-order valence-corrected chi connectivity index (χ2v) is 4.98. The summed E-state index contributed by atoms with van der Waals surface area (Å²) >= 11 is 0. The van der Waals surface area contributed by atoms with Gasteiger partial charge in [-0.25, -0.2) is 8.42 Å². The summed E-state index contributed by atoms with van der Waals surface area (Å²) in [5.41, 5.74) is 0. The minimum atomic E-state index is -3.52. The first-order valence-electron chi connectivity index (χ1n) is 4.01. The average molecular weight is 191 g/mol. The van der Waals surface area contributed by atoms with Gasteiger partial charge < -0.3 is 4.90 Å². The van der Waals surface area contributed by atoms with Crippen LogP contribution in [0.25, 0.3) is 0 Å². The number of carbonyl (C=O) groups is 1. The van der Waals surface area contributed by atoms with E-state index >= 15 is 0 Å². The van der Waals surface area contributed by atoms with Crippen LogP contribution in [0.2, 0.25) is 0 Å². The third-order valence-electron chi connectivity index (χ3n) is 1.93. The van der Waals surface area contributed by atoms with E-state index in [1.165, 1.54) is 4.90 Å². The third-order valence-corrected chi connectivity index (χ3v) is 2.82. The fourth-order valence-corrected chi connectivity index (χ4v) is 1.96. The Hall–Kier alpha value is -0.580. The Balaban J connectivity index is 2.64. The van der Waals surface area contributed by atoms with Crippen molar-refractivity contribution in [1.82, 2.24) is 4.90 Å². The van der Waals surface area contributed by atoms with Gasteiger partial charge in [0.2, 0.25) is 9.84 Å². The molecule has 0 spiro atoms. The van der Waals surface area contributed by atoms with E-state index in [2.05, 4.69) is 0 Å². The molecule has 0 aromatic carbocycles. The van der Waals surface area contributed by atoms with Gasteiger partial charge in [0, 0.05) is 19.3 Å². The Morgan fingerprint density at radius 3 is 2.08 bits per heavy atom. The second-order valence-electron chi connectivity index (χ2n) is 3.09. The van der Waals surface area contributed by atoms with Gasteiger partial charge in [0.25, 0.3) is 0 Å². The summed E-state index contributed by atoms with van der Waals surface area (Å²) in [7, 11) is -3.52. The summed E-state index contributed by atoms with van der Waals surface area (Å²) in [5.74, 6) is 0. The molecule has 1 amide bonds. The maximum absolute atomic E-state index is 11.2. The zero-order valence-corrected chi connectivity index (χ0v) is 7.93. The lowest BCUT2D eigenvalue weighted by atomic mass is 10.1. The maximum atomic E-state index is 11.2. The molecule has 12 heavy (non-hydrogen) atoms. The van der Waals surface area contributed by atoms with Gasteiger partial charge in [0.05, 0.1) is 0 Å². The molecule has 5 heteroatoms. The lowest BCUT2D eigenvalue weighted by Crippen LogP contribution is -2.38. The molecule has 0 saturated carbocycles. The van der Waals surface area contributed by atoms with Crippen LogP contribution in [-0.4, -0.2) is 37.9 Å².